The van der Waals surface area contributed by atoms with E-state index < -0.39 is 11.7 Å². The number of halogens is 2. The first kappa shape index (κ1) is 17.8. The standard InChI is InChI=1S/C19H16ClFN4O/c1-11-3-4-14(7-12(11)2)25-19-22-9-13(10-23-19)18(26)24-15-5-6-17(21)16(20)8-15/h3-10H,1-2H3,(H,24,26)(H,22,23,25). The van der Waals surface area contributed by atoms with Gasteiger partial charge in [-0.25, -0.2) is 14.4 Å². The molecule has 0 aliphatic heterocycles. The fourth-order valence-corrected chi connectivity index (χ4v) is 2.42. The summed E-state index contributed by atoms with van der Waals surface area (Å²) in [7, 11) is 0. The van der Waals surface area contributed by atoms with Crippen LogP contribution in [0.5, 0.6) is 0 Å². The number of aryl methyl sites for hydroxylation is 2. The van der Waals surface area contributed by atoms with Gasteiger partial charge in [-0.05, 0) is 55.3 Å². The van der Waals surface area contributed by atoms with Crippen LogP contribution in [0.25, 0.3) is 0 Å². The van der Waals surface area contributed by atoms with Crippen molar-refractivity contribution >= 4 is 34.8 Å². The number of carbonyl (C=O) groups excluding carboxylic acids is 1. The van der Waals surface area contributed by atoms with Gasteiger partial charge in [-0.15, -0.1) is 0 Å². The number of carbonyl (C=O) groups is 1. The summed E-state index contributed by atoms with van der Waals surface area (Å²) in [4.78, 5) is 20.5. The van der Waals surface area contributed by atoms with E-state index in [4.69, 9.17) is 11.6 Å². The maximum Gasteiger partial charge on any atom is 0.258 e. The minimum absolute atomic E-state index is 0.0630. The molecule has 5 nitrogen and oxygen atoms in total. The first-order valence-electron chi connectivity index (χ1n) is 7.85. The van der Waals surface area contributed by atoms with Crippen molar-refractivity contribution in [2.45, 2.75) is 13.8 Å². The number of nitrogens with one attached hydrogen (secondary N) is 2. The number of hydrogen-bond donors (Lipinski definition) is 2. The third-order valence-electron chi connectivity index (χ3n) is 3.85. The molecule has 0 radical (unpaired) electrons. The zero-order valence-corrected chi connectivity index (χ0v) is 14.9. The van der Waals surface area contributed by atoms with Gasteiger partial charge in [0, 0.05) is 23.8 Å². The first-order chi connectivity index (χ1) is 12.4. The van der Waals surface area contributed by atoms with Crippen molar-refractivity contribution in [3.8, 4) is 0 Å². The molecular formula is C19H16ClFN4O. The molecule has 2 N–H and O–H groups in total. The molecule has 0 aliphatic rings. The summed E-state index contributed by atoms with van der Waals surface area (Å²) in [5.74, 6) is -0.574. The van der Waals surface area contributed by atoms with Crippen LogP contribution >= 0.6 is 11.6 Å². The lowest BCUT2D eigenvalue weighted by Crippen LogP contribution is -2.13. The summed E-state index contributed by atoms with van der Waals surface area (Å²) in [6.45, 7) is 4.06. The molecule has 0 fully saturated rings. The number of anilines is 3. The van der Waals surface area contributed by atoms with Crippen LogP contribution in [0.4, 0.5) is 21.7 Å². The predicted molar refractivity (Wildman–Crippen MR) is 101 cm³/mol. The van der Waals surface area contributed by atoms with Gasteiger partial charge >= 0.3 is 0 Å². The van der Waals surface area contributed by atoms with Gasteiger partial charge in [0.1, 0.15) is 5.82 Å². The molecule has 0 saturated heterocycles. The van der Waals surface area contributed by atoms with Crippen molar-refractivity contribution in [3.63, 3.8) is 0 Å². The zero-order valence-electron chi connectivity index (χ0n) is 14.2. The largest absolute Gasteiger partial charge is 0.324 e. The van der Waals surface area contributed by atoms with Crippen LogP contribution < -0.4 is 10.6 Å². The van der Waals surface area contributed by atoms with Crippen LogP contribution in [0.1, 0.15) is 21.5 Å². The van der Waals surface area contributed by atoms with Gasteiger partial charge < -0.3 is 10.6 Å². The zero-order chi connectivity index (χ0) is 18.7. The van der Waals surface area contributed by atoms with Crippen molar-refractivity contribution in [1.82, 2.24) is 9.97 Å². The van der Waals surface area contributed by atoms with E-state index in [1.807, 2.05) is 32.0 Å². The molecule has 3 aromatic rings. The van der Waals surface area contributed by atoms with E-state index in [1.165, 1.54) is 36.2 Å². The van der Waals surface area contributed by atoms with Crippen molar-refractivity contribution in [2.24, 2.45) is 0 Å². The molecule has 0 bridgehead atoms. The summed E-state index contributed by atoms with van der Waals surface area (Å²) in [6, 6.07) is 9.89. The number of benzene rings is 2. The maximum absolute atomic E-state index is 13.2. The Kier molecular flexibility index (Phi) is 5.14. The number of aromatic nitrogens is 2. The van der Waals surface area contributed by atoms with Crippen molar-refractivity contribution < 1.29 is 9.18 Å². The Morgan fingerprint density at radius 3 is 2.35 bits per heavy atom. The Labute approximate surface area is 155 Å². The lowest BCUT2D eigenvalue weighted by molar-refractivity contribution is 0.102. The van der Waals surface area contributed by atoms with Crippen LogP contribution in [-0.2, 0) is 0 Å². The van der Waals surface area contributed by atoms with E-state index in [2.05, 4.69) is 20.6 Å². The number of amides is 1. The van der Waals surface area contributed by atoms with Crippen LogP contribution in [0.2, 0.25) is 5.02 Å². The number of nitrogens with zero attached hydrogens (tertiary/aromatic N) is 2. The van der Waals surface area contributed by atoms with Gasteiger partial charge in [-0.3, -0.25) is 4.79 Å². The Balaban J connectivity index is 1.69. The van der Waals surface area contributed by atoms with Gasteiger partial charge in [0.15, 0.2) is 0 Å². The molecule has 0 unspecified atom stereocenters. The molecule has 132 valence electrons. The minimum atomic E-state index is -0.547. The lowest BCUT2D eigenvalue weighted by atomic mass is 10.1. The quantitative estimate of drug-likeness (QED) is 0.686. The average Bonchev–Trinajstić information content (AvgIpc) is 2.62. The summed E-state index contributed by atoms with van der Waals surface area (Å²) in [5, 5.41) is 5.64. The third-order valence-corrected chi connectivity index (χ3v) is 4.14. The Bertz CT molecular complexity index is 960. The maximum atomic E-state index is 13.2. The van der Waals surface area contributed by atoms with Crippen LogP contribution in [0.15, 0.2) is 48.8 Å². The van der Waals surface area contributed by atoms with Gasteiger partial charge in [-0.2, -0.15) is 0 Å². The van der Waals surface area contributed by atoms with Gasteiger partial charge in [-0.1, -0.05) is 17.7 Å². The number of rotatable bonds is 4. The fourth-order valence-electron chi connectivity index (χ4n) is 2.24. The molecular weight excluding hydrogens is 355 g/mol. The van der Waals surface area contributed by atoms with Gasteiger partial charge in [0.25, 0.3) is 5.91 Å². The highest BCUT2D eigenvalue weighted by atomic mass is 35.5. The second kappa shape index (κ2) is 7.49. The molecule has 3 rings (SSSR count). The van der Waals surface area contributed by atoms with E-state index in [1.54, 1.807) is 0 Å². The Hall–Kier alpha value is -2.99. The molecule has 7 heteroatoms. The average molecular weight is 371 g/mol. The Morgan fingerprint density at radius 2 is 1.69 bits per heavy atom. The minimum Gasteiger partial charge on any atom is -0.324 e. The van der Waals surface area contributed by atoms with Crippen molar-refractivity contribution in [1.29, 1.82) is 0 Å². The summed E-state index contributed by atoms with van der Waals surface area (Å²) >= 11 is 5.70. The normalized spacial score (nSPS) is 10.5. The molecule has 2 aromatic carbocycles. The summed E-state index contributed by atoms with van der Waals surface area (Å²) < 4.78 is 13.2. The van der Waals surface area contributed by atoms with E-state index in [-0.39, 0.29) is 10.6 Å². The predicted octanol–water partition coefficient (Wildman–Crippen LogP) is 4.88. The monoisotopic (exact) mass is 370 g/mol. The summed E-state index contributed by atoms with van der Waals surface area (Å²) in [5.41, 5.74) is 3.88. The smallest absolute Gasteiger partial charge is 0.258 e. The van der Waals surface area contributed by atoms with E-state index >= 15 is 0 Å². The molecule has 1 heterocycles. The molecule has 0 aliphatic carbocycles. The fraction of sp³-hybridized carbons (Fsp3) is 0.105. The van der Waals surface area contributed by atoms with Crippen LogP contribution in [0, 0.1) is 19.7 Å². The van der Waals surface area contributed by atoms with Crippen LogP contribution in [-0.4, -0.2) is 15.9 Å². The van der Waals surface area contributed by atoms with Crippen molar-refractivity contribution in [2.75, 3.05) is 10.6 Å². The summed E-state index contributed by atoms with van der Waals surface area (Å²) in [6.07, 6.45) is 2.83. The van der Waals surface area contributed by atoms with E-state index in [9.17, 15) is 9.18 Å². The van der Waals surface area contributed by atoms with Gasteiger partial charge in [0.2, 0.25) is 5.95 Å². The molecule has 1 amide bonds. The number of hydrogen-bond acceptors (Lipinski definition) is 4. The highest BCUT2D eigenvalue weighted by Gasteiger charge is 2.09. The highest BCUT2D eigenvalue weighted by molar-refractivity contribution is 6.31. The van der Waals surface area contributed by atoms with E-state index in [0.29, 0.717) is 11.6 Å². The van der Waals surface area contributed by atoms with E-state index in [0.717, 1.165) is 11.3 Å². The second-order valence-electron chi connectivity index (χ2n) is 5.80. The SMILES string of the molecule is Cc1ccc(Nc2ncc(C(=O)Nc3ccc(F)c(Cl)c3)cn2)cc1C. The molecule has 0 spiro atoms. The second-order valence-corrected chi connectivity index (χ2v) is 6.21. The molecule has 1 aromatic heterocycles. The third kappa shape index (κ3) is 4.15. The van der Waals surface area contributed by atoms with Crippen LogP contribution in [0.3, 0.4) is 0 Å². The Morgan fingerprint density at radius 1 is 1.00 bits per heavy atom. The lowest BCUT2D eigenvalue weighted by Gasteiger charge is -2.08. The first-order valence-corrected chi connectivity index (χ1v) is 8.23. The molecule has 0 saturated carbocycles. The molecule has 26 heavy (non-hydrogen) atoms. The van der Waals surface area contributed by atoms with Gasteiger partial charge in [0.05, 0.1) is 10.6 Å². The highest BCUT2D eigenvalue weighted by Crippen LogP contribution is 2.20. The molecule has 0 atom stereocenters. The topological polar surface area (TPSA) is 66.9 Å². The van der Waals surface area contributed by atoms with Crippen molar-refractivity contribution in [3.05, 3.63) is 76.3 Å².